The predicted molar refractivity (Wildman–Crippen MR) is 99.0 cm³/mol. The average molecular weight is 348 g/mol. The second kappa shape index (κ2) is 7.02. The standard InChI is InChI=1S/C19H20N6O/c20-14-16-5-7-17(8-6-16)23-10-3-9-22(12-13-23)15-25-19(26)24-11-2-1-4-18(24)21-25/h1-2,4-8,11H,3,9-10,12-13,15H2. The molecule has 7 nitrogen and oxygen atoms in total. The summed E-state index contributed by atoms with van der Waals surface area (Å²) in [6.45, 7) is 4.13. The van der Waals surface area contributed by atoms with Crippen molar-refractivity contribution in [1.29, 1.82) is 5.26 Å². The van der Waals surface area contributed by atoms with Crippen LogP contribution < -0.4 is 10.6 Å². The normalized spacial score (nSPS) is 15.7. The van der Waals surface area contributed by atoms with Crippen LogP contribution in [0.2, 0.25) is 0 Å². The van der Waals surface area contributed by atoms with Gasteiger partial charge in [0.05, 0.1) is 18.3 Å². The number of fused-ring (bicyclic) bond motifs is 1. The Balaban J connectivity index is 1.45. The summed E-state index contributed by atoms with van der Waals surface area (Å²) in [6.07, 6.45) is 2.76. The van der Waals surface area contributed by atoms with Crippen LogP contribution in [0.5, 0.6) is 0 Å². The largest absolute Gasteiger partial charge is 0.370 e. The molecule has 0 unspecified atom stereocenters. The highest BCUT2D eigenvalue weighted by atomic mass is 16.2. The molecule has 1 aliphatic heterocycles. The van der Waals surface area contributed by atoms with Gasteiger partial charge >= 0.3 is 5.69 Å². The molecule has 0 bridgehead atoms. The summed E-state index contributed by atoms with van der Waals surface area (Å²) in [7, 11) is 0. The number of hydrogen-bond acceptors (Lipinski definition) is 5. The first-order chi connectivity index (χ1) is 12.7. The molecule has 0 atom stereocenters. The van der Waals surface area contributed by atoms with E-state index in [2.05, 4.69) is 21.0 Å². The molecule has 3 heterocycles. The molecule has 1 saturated heterocycles. The minimum absolute atomic E-state index is 0.103. The molecule has 0 aliphatic carbocycles. The first kappa shape index (κ1) is 16.4. The summed E-state index contributed by atoms with van der Waals surface area (Å²) < 4.78 is 3.10. The van der Waals surface area contributed by atoms with E-state index in [9.17, 15) is 4.79 Å². The van der Waals surface area contributed by atoms with E-state index < -0.39 is 0 Å². The van der Waals surface area contributed by atoms with Crippen molar-refractivity contribution >= 4 is 11.3 Å². The Morgan fingerprint density at radius 3 is 2.65 bits per heavy atom. The molecular weight excluding hydrogens is 328 g/mol. The fourth-order valence-corrected chi connectivity index (χ4v) is 3.37. The van der Waals surface area contributed by atoms with Gasteiger partial charge in [-0.1, -0.05) is 6.07 Å². The Kier molecular flexibility index (Phi) is 4.42. The second-order valence-electron chi connectivity index (χ2n) is 6.47. The fraction of sp³-hybridized carbons (Fsp3) is 0.316. The quantitative estimate of drug-likeness (QED) is 0.718. The van der Waals surface area contributed by atoms with Gasteiger partial charge < -0.3 is 4.90 Å². The predicted octanol–water partition coefficient (Wildman–Crippen LogP) is 1.54. The lowest BCUT2D eigenvalue weighted by Crippen LogP contribution is -2.35. The van der Waals surface area contributed by atoms with Crippen LogP contribution in [0, 0.1) is 11.3 Å². The van der Waals surface area contributed by atoms with E-state index in [4.69, 9.17) is 5.26 Å². The fourth-order valence-electron chi connectivity index (χ4n) is 3.37. The number of anilines is 1. The van der Waals surface area contributed by atoms with Gasteiger partial charge in [-0.2, -0.15) is 9.94 Å². The van der Waals surface area contributed by atoms with Crippen molar-refractivity contribution < 1.29 is 0 Å². The Morgan fingerprint density at radius 2 is 1.88 bits per heavy atom. The minimum Gasteiger partial charge on any atom is -0.370 e. The summed E-state index contributed by atoms with van der Waals surface area (Å²) >= 11 is 0. The zero-order chi connectivity index (χ0) is 17.9. The van der Waals surface area contributed by atoms with Crippen molar-refractivity contribution in [2.45, 2.75) is 13.1 Å². The first-order valence-corrected chi connectivity index (χ1v) is 8.76. The van der Waals surface area contributed by atoms with Crippen molar-refractivity contribution in [2.75, 3.05) is 31.1 Å². The van der Waals surface area contributed by atoms with Crippen LogP contribution in [0.25, 0.3) is 5.65 Å². The molecule has 0 N–H and O–H groups in total. The number of pyridine rings is 1. The first-order valence-electron chi connectivity index (χ1n) is 8.76. The van der Waals surface area contributed by atoms with E-state index in [1.54, 1.807) is 10.6 Å². The van der Waals surface area contributed by atoms with Crippen molar-refractivity contribution in [3.8, 4) is 6.07 Å². The van der Waals surface area contributed by atoms with Crippen molar-refractivity contribution in [3.05, 3.63) is 64.7 Å². The Morgan fingerprint density at radius 1 is 1.04 bits per heavy atom. The summed E-state index contributed by atoms with van der Waals surface area (Å²) in [4.78, 5) is 17.0. The molecule has 1 aromatic carbocycles. The van der Waals surface area contributed by atoms with Crippen LogP contribution >= 0.6 is 0 Å². The molecule has 132 valence electrons. The Labute approximate surface area is 151 Å². The van der Waals surface area contributed by atoms with Crippen LogP contribution in [0.1, 0.15) is 12.0 Å². The topological polar surface area (TPSA) is 69.6 Å². The van der Waals surface area contributed by atoms with Crippen LogP contribution in [0.15, 0.2) is 53.5 Å². The van der Waals surface area contributed by atoms with Crippen molar-refractivity contribution in [1.82, 2.24) is 19.1 Å². The van der Waals surface area contributed by atoms with Crippen LogP contribution in [0.3, 0.4) is 0 Å². The third-order valence-electron chi connectivity index (χ3n) is 4.77. The molecule has 2 aromatic heterocycles. The molecule has 26 heavy (non-hydrogen) atoms. The smallest absolute Gasteiger partial charge is 0.351 e. The molecule has 0 amide bonds. The highest BCUT2D eigenvalue weighted by Gasteiger charge is 2.17. The van der Waals surface area contributed by atoms with Gasteiger partial charge in [0, 0.05) is 38.1 Å². The van der Waals surface area contributed by atoms with Gasteiger partial charge in [-0.05, 0) is 42.8 Å². The zero-order valence-electron chi connectivity index (χ0n) is 14.5. The van der Waals surface area contributed by atoms with E-state index in [-0.39, 0.29) is 5.69 Å². The molecule has 0 radical (unpaired) electrons. The summed E-state index contributed by atoms with van der Waals surface area (Å²) in [5.74, 6) is 0. The number of hydrogen-bond donors (Lipinski definition) is 0. The Bertz CT molecular complexity index is 997. The number of nitrogens with zero attached hydrogens (tertiary/aromatic N) is 6. The van der Waals surface area contributed by atoms with E-state index in [1.165, 1.54) is 4.68 Å². The van der Waals surface area contributed by atoms with Gasteiger partial charge in [0.25, 0.3) is 0 Å². The van der Waals surface area contributed by atoms with Crippen molar-refractivity contribution in [2.24, 2.45) is 0 Å². The third kappa shape index (κ3) is 3.19. The minimum atomic E-state index is -0.103. The molecule has 1 aliphatic rings. The lowest BCUT2D eigenvalue weighted by atomic mass is 10.2. The van der Waals surface area contributed by atoms with Gasteiger partial charge in [-0.3, -0.25) is 9.30 Å². The van der Waals surface area contributed by atoms with E-state index in [0.717, 1.165) is 38.3 Å². The Hall–Kier alpha value is -3.11. The number of nitriles is 1. The molecule has 7 heteroatoms. The van der Waals surface area contributed by atoms with Crippen LogP contribution in [-0.4, -0.2) is 45.3 Å². The van der Waals surface area contributed by atoms with Crippen molar-refractivity contribution in [3.63, 3.8) is 0 Å². The summed E-state index contributed by atoms with van der Waals surface area (Å²) in [5.41, 5.74) is 2.38. The molecule has 4 rings (SSSR count). The maximum atomic E-state index is 12.4. The molecule has 0 saturated carbocycles. The summed E-state index contributed by atoms with van der Waals surface area (Å²) in [5, 5.41) is 13.3. The molecule has 1 fully saturated rings. The van der Waals surface area contributed by atoms with E-state index in [0.29, 0.717) is 17.9 Å². The molecular formula is C19H20N6O. The number of aromatic nitrogens is 3. The maximum absolute atomic E-state index is 12.4. The monoisotopic (exact) mass is 348 g/mol. The van der Waals surface area contributed by atoms with Gasteiger partial charge in [0.1, 0.15) is 0 Å². The molecule has 0 spiro atoms. The van der Waals surface area contributed by atoms with Crippen LogP contribution in [0.4, 0.5) is 5.69 Å². The number of benzene rings is 1. The lowest BCUT2D eigenvalue weighted by Gasteiger charge is -2.23. The highest BCUT2D eigenvalue weighted by Crippen LogP contribution is 2.17. The van der Waals surface area contributed by atoms with Gasteiger partial charge in [-0.15, -0.1) is 5.10 Å². The number of rotatable bonds is 3. The molecule has 3 aromatic rings. The third-order valence-corrected chi connectivity index (χ3v) is 4.77. The zero-order valence-corrected chi connectivity index (χ0v) is 14.5. The summed E-state index contributed by atoms with van der Waals surface area (Å²) in [6, 6.07) is 15.4. The van der Waals surface area contributed by atoms with Gasteiger partial charge in [0.2, 0.25) is 0 Å². The van der Waals surface area contributed by atoms with E-state index >= 15 is 0 Å². The average Bonchev–Trinajstić information content (AvgIpc) is 2.84. The SMILES string of the molecule is N#Cc1ccc(N2CCCN(Cn3nc4ccccn4c3=O)CC2)cc1. The maximum Gasteiger partial charge on any atom is 0.351 e. The van der Waals surface area contributed by atoms with Gasteiger partial charge in [0.15, 0.2) is 5.65 Å². The highest BCUT2D eigenvalue weighted by molar-refractivity contribution is 5.49. The van der Waals surface area contributed by atoms with Gasteiger partial charge in [-0.25, -0.2) is 4.79 Å². The second-order valence-corrected chi connectivity index (χ2v) is 6.47. The lowest BCUT2D eigenvalue weighted by molar-refractivity contribution is 0.218. The van der Waals surface area contributed by atoms with E-state index in [1.807, 2.05) is 42.5 Å². The van der Waals surface area contributed by atoms with Crippen LogP contribution in [-0.2, 0) is 6.67 Å².